The number of nitro benzene ring substituents is 1. The van der Waals surface area contributed by atoms with Crippen LogP contribution in [0.4, 0.5) is 10.1 Å². The molecular weight excluding hydrogens is 505 g/mol. The van der Waals surface area contributed by atoms with Crippen LogP contribution in [-0.2, 0) is 10.0 Å². The summed E-state index contributed by atoms with van der Waals surface area (Å²) in [4.78, 5) is 22.9. The number of hydrogen-bond acceptors (Lipinski definition) is 7. The smallest absolute Gasteiger partial charge is 0.272 e. The van der Waals surface area contributed by atoms with E-state index >= 15 is 0 Å². The van der Waals surface area contributed by atoms with Gasteiger partial charge in [-0.2, -0.15) is 9.78 Å². The van der Waals surface area contributed by atoms with Gasteiger partial charge in [0.25, 0.3) is 11.6 Å². The first-order valence-corrected chi connectivity index (χ1v) is 13.1. The first-order chi connectivity index (χ1) is 17.5. The molecule has 0 saturated carbocycles. The van der Waals surface area contributed by atoms with Gasteiger partial charge in [-0.05, 0) is 51.0 Å². The van der Waals surface area contributed by atoms with Gasteiger partial charge in [-0.15, -0.1) is 0 Å². The molecule has 0 aliphatic carbocycles. The lowest BCUT2D eigenvalue weighted by Crippen LogP contribution is -2.32. The van der Waals surface area contributed by atoms with Crippen LogP contribution in [-0.4, -0.2) is 41.6 Å². The lowest BCUT2D eigenvalue weighted by atomic mass is 10.2. The summed E-state index contributed by atoms with van der Waals surface area (Å²) >= 11 is 0. The Labute approximate surface area is 213 Å². The van der Waals surface area contributed by atoms with Crippen LogP contribution in [0.25, 0.3) is 5.69 Å². The number of ether oxygens (including phenoxy) is 1. The summed E-state index contributed by atoms with van der Waals surface area (Å²) < 4.78 is 50.0. The van der Waals surface area contributed by atoms with E-state index in [2.05, 4.69) is 15.1 Å². The zero-order chi connectivity index (χ0) is 27.3. The molecule has 1 amide bonds. The van der Waals surface area contributed by atoms with E-state index in [1.165, 1.54) is 28.9 Å². The minimum atomic E-state index is -4.25. The average Bonchev–Trinajstić information content (AvgIpc) is 3.18. The summed E-state index contributed by atoms with van der Waals surface area (Å²) in [6, 6.07) is 8.08. The first-order valence-electron chi connectivity index (χ1n) is 11.6. The number of benzene rings is 2. The van der Waals surface area contributed by atoms with Gasteiger partial charge >= 0.3 is 0 Å². The van der Waals surface area contributed by atoms with Crippen molar-refractivity contribution in [2.45, 2.75) is 51.5 Å². The molecule has 0 saturated heterocycles. The third kappa shape index (κ3) is 6.30. The molecule has 0 unspecified atom stereocenters. The Balaban J connectivity index is 2.20. The fraction of sp³-hybridized carbons (Fsp3) is 0.333. The van der Waals surface area contributed by atoms with Crippen LogP contribution in [0.5, 0.6) is 11.6 Å². The number of amides is 1. The van der Waals surface area contributed by atoms with E-state index in [0.717, 1.165) is 18.2 Å². The molecule has 11 nitrogen and oxygen atoms in total. The first kappa shape index (κ1) is 27.7. The molecule has 1 heterocycles. The van der Waals surface area contributed by atoms with Crippen LogP contribution < -0.4 is 14.8 Å². The number of nitrogens with one attached hydrogen (secondary N) is 2. The molecule has 1 aromatic heterocycles. The third-order valence-corrected chi connectivity index (χ3v) is 7.09. The number of nitro groups is 1. The van der Waals surface area contributed by atoms with E-state index in [-0.39, 0.29) is 28.6 Å². The summed E-state index contributed by atoms with van der Waals surface area (Å²) in [7, 11) is -4.25. The van der Waals surface area contributed by atoms with Gasteiger partial charge in [0.1, 0.15) is 16.5 Å². The summed E-state index contributed by atoms with van der Waals surface area (Å²) in [6.45, 7) is 7.27. The molecule has 0 aliphatic heterocycles. The predicted molar refractivity (Wildman–Crippen MR) is 134 cm³/mol. The molecule has 0 radical (unpaired) electrons. The fourth-order valence-corrected chi connectivity index (χ4v) is 4.82. The zero-order valence-electron chi connectivity index (χ0n) is 20.8. The van der Waals surface area contributed by atoms with Crippen molar-refractivity contribution < 1.29 is 27.3 Å². The van der Waals surface area contributed by atoms with Crippen molar-refractivity contribution in [1.29, 1.82) is 0 Å². The van der Waals surface area contributed by atoms with Gasteiger partial charge in [0.2, 0.25) is 15.9 Å². The Bertz CT molecular complexity index is 1420. The van der Waals surface area contributed by atoms with Gasteiger partial charge in [-0.1, -0.05) is 19.9 Å². The van der Waals surface area contributed by atoms with Gasteiger partial charge in [-0.3, -0.25) is 14.9 Å². The number of hydrogen-bond donors (Lipinski definition) is 2. The fourth-order valence-electron chi connectivity index (χ4n) is 3.34. The maximum absolute atomic E-state index is 14.0. The second kappa shape index (κ2) is 11.5. The molecule has 1 atom stereocenters. The molecule has 0 bridgehead atoms. The predicted octanol–water partition coefficient (Wildman–Crippen LogP) is 4.24. The van der Waals surface area contributed by atoms with Crippen molar-refractivity contribution in [2.75, 3.05) is 6.54 Å². The highest BCUT2D eigenvalue weighted by Gasteiger charge is 2.28. The van der Waals surface area contributed by atoms with Crippen molar-refractivity contribution in [1.82, 2.24) is 19.8 Å². The van der Waals surface area contributed by atoms with Crippen LogP contribution in [0.3, 0.4) is 0 Å². The number of sulfonamides is 1. The Morgan fingerprint density at radius 3 is 2.59 bits per heavy atom. The Kier molecular flexibility index (Phi) is 8.61. The maximum atomic E-state index is 14.0. The summed E-state index contributed by atoms with van der Waals surface area (Å²) in [5.74, 6) is -1.34. The highest BCUT2D eigenvalue weighted by atomic mass is 32.2. The van der Waals surface area contributed by atoms with Crippen molar-refractivity contribution in [3.63, 3.8) is 0 Å². The molecule has 3 aromatic rings. The SMILES string of the molecule is CCCNC(=O)c1nn(-c2cccc(F)c2)c(Oc2ccc([N+](=O)[O-])cc2S(=O)(=O)N[C@@H](C)CC)c1C. The van der Waals surface area contributed by atoms with Crippen LogP contribution >= 0.6 is 0 Å². The maximum Gasteiger partial charge on any atom is 0.272 e. The van der Waals surface area contributed by atoms with Crippen molar-refractivity contribution in [3.8, 4) is 17.3 Å². The Morgan fingerprint density at radius 1 is 1.24 bits per heavy atom. The Hall–Kier alpha value is -3.84. The summed E-state index contributed by atoms with van der Waals surface area (Å²) in [6.07, 6.45) is 1.16. The molecular formula is C24H28FN5O6S. The minimum Gasteiger partial charge on any atom is -0.437 e. The van der Waals surface area contributed by atoms with Crippen molar-refractivity contribution >= 4 is 21.6 Å². The largest absolute Gasteiger partial charge is 0.437 e. The quantitative estimate of drug-likeness (QED) is 0.277. The number of non-ortho nitro benzene ring substituents is 1. The van der Waals surface area contributed by atoms with E-state index in [9.17, 15) is 27.7 Å². The molecule has 13 heteroatoms. The van der Waals surface area contributed by atoms with Gasteiger partial charge in [-0.25, -0.2) is 17.5 Å². The standard InChI is InChI=1S/C24H28FN5O6S/c1-5-12-26-23(31)22-16(4)24(29(27-22)18-9-7-8-17(25)13-18)36-20-11-10-19(30(32)33)14-21(20)37(34,35)28-15(3)6-2/h7-11,13-15,28H,5-6,12H2,1-4H3,(H,26,31)/t15-/m0/s1. The lowest BCUT2D eigenvalue weighted by Gasteiger charge is -2.16. The topological polar surface area (TPSA) is 145 Å². The van der Waals surface area contributed by atoms with Gasteiger partial charge in [0.05, 0.1) is 10.6 Å². The second-order valence-electron chi connectivity index (χ2n) is 8.35. The molecule has 0 spiro atoms. The van der Waals surface area contributed by atoms with E-state index in [1.807, 2.05) is 6.92 Å². The highest BCUT2D eigenvalue weighted by molar-refractivity contribution is 7.89. The van der Waals surface area contributed by atoms with E-state index < -0.39 is 43.3 Å². The number of carbonyl (C=O) groups excluding carboxylic acids is 1. The van der Waals surface area contributed by atoms with Crippen LogP contribution in [0.1, 0.15) is 49.7 Å². The zero-order valence-corrected chi connectivity index (χ0v) is 21.6. The number of aromatic nitrogens is 2. The van der Waals surface area contributed by atoms with Gasteiger partial charge < -0.3 is 10.1 Å². The molecule has 2 N–H and O–H groups in total. The molecule has 198 valence electrons. The summed E-state index contributed by atoms with van der Waals surface area (Å²) in [5.41, 5.74) is 0.0229. The Morgan fingerprint density at radius 2 is 1.97 bits per heavy atom. The summed E-state index contributed by atoms with van der Waals surface area (Å²) in [5, 5.41) is 18.4. The van der Waals surface area contributed by atoms with Gasteiger partial charge in [0, 0.05) is 30.3 Å². The number of rotatable bonds is 11. The third-order valence-electron chi connectivity index (χ3n) is 5.47. The van der Waals surface area contributed by atoms with Crippen LogP contribution in [0.2, 0.25) is 0 Å². The number of carbonyl (C=O) groups is 1. The number of nitrogens with zero attached hydrogens (tertiary/aromatic N) is 3. The van der Waals surface area contributed by atoms with Crippen LogP contribution in [0.15, 0.2) is 47.4 Å². The monoisotopic (exact) mass is 533 g/mol. The normalized spacial score (nSPS) is 12.2. The number of halogens is 1. The lowest BCUT2D eigenvalue weighted by molar-refractivity contribution is -0.385. The van der Waals surface area contributed by atoms with Crippen LogP contribution in [0, 0.1) is 22.9 Å². The second-order valence-corrected chi connectivity index (χ2v) is 10.0. The van der Waals surface area contributed by atoms with Gasteiger partial charge in [0.15, 0.2) is 5.69 Å². The van der Waals surface area contributed by atoms with E-state index in [0.29, 0.717) is 19.4 Å². The molecule has 0 aliphatic rings. The molecule has 37 heavy (non-hydrogen) atoms. The van der Waals surface area contributed by atoms with Crippen molar-refractivity contribution in [2.24, 2.45) is 0 Å². The van der Waals surface area contributed by atoms with Crippen molar-refractivity contribution in [3.05, 3.63) is 69.7 Å². The van der Waals surface area contributed by atoms with E-state index in [1.54, 1.807) is 20.8 Å². The molecule has 2 aromatic carbocycles. The molecule has 3 rings (SSSR count). The average molecular weight is 534 g/mol. The molecule has 0 fully saturated rings. The highest BCUT2D eigenvalue weighted by Crippen LogP contribution is 2.36. The minimum absolute atomic E-state index is 0.00300. The van der Waals surface area contributed by atoms with E-state index in [4.69, 9.17) is 4.74 Å².